The van der Waals surface area contributed by atoms with E-state index in [4.69, 9.17) is 0 Å². The van der Waals surface area contributed by atoms with Gasteiger partial charge >= 0.3 is 0 Å². The third kappa shape index (κ3) is 3.36. The molecule has 2 fully saturated rings. The van der Waals surface area contributed by atoms with E-state index >= 15 is 0 Å². The standard InChI is InChI=1S/C12H22N2O.ClH/c1-9(2)14(11-3-4-11)12(15)7-10-5-6-13-8-10;/h9-11,13H,3-8H2,1-2H3;1H. The van der Waals surface area contributed by atoms with Crippen LogP contribution in [0.3, 0.4) is 0 Å². The van der Waals surface area contributed by atoms with Gasteiger partial charge in [0.2, 0.25) is 5.91 Å². The number of hydrogen-bond donors (Lipinski definition) is 1. The molecule has 1 saturated heterocycles. The maximum absolute atomic E-state index is 12.1. The fourth-order valence-corrected chi connectivity index (χ4v) is 2.51. The largest absolute Gasteiger partial charge is 0.337 e. The van der Waals surface area contributed by atoms with E-state index in [0.717, 1.165) is 19.5 Å². The van der Waals surface area contributed by atoms with Gasteiger partial charge in [0, 0.05) is 18.5 Å². The Morgan fingerprint density at radius 1 is 1.38 bits per heavy atom. The molecule has 0 radical (unpaired) electrons. The van der Waals surface area contributed by atoms with Gasteiger partial charge in [0.15, 0.2) is 0 Å². The van der Waals surface area contributed by atoms with Gasteiger partial charge in [-0.1, -0.05) is 0 Å². The van der Waals surface area contributed by atoms with Crippen molar-refractivity contribution in [1.82, 2.24) is 10.2 Å². The highest BCUT2D eigenvalue weighted by Crippen LogP contribution is 2.30. The lowest BCUT2D eigenvalue weighted by Gasteiger charge is -2.27. The van der Waals surface area contributed by atoms with Crippen molar-refractivity contribution in [3.05, 3.63) is 0 Å². The highest BCUT2D eigenvalue weighted by molar-refractivity contribution is 5.85. The molecule has 4 heteroatoms. The van der Waals surface area contributed by atoms with Gasteiger partial charge in [0.1, 0.15) is 0 Å². The van der Waals surface area contributed by atoms with Crippen molar-refractivity contribution < 1.29 is 4.79 Å². The van der Waals surface area contributed by atoms with Crippen molar-refractivity contribution in [2.45, 2.75) is 51.6 Å². The first-order valence-corrected chi connectivity index (χ1v) is 6.20. The third-order valence-electron chi connectivity index (χ3n) is 3.41. The average molecular weight is 247 g/mol. The smallest absolute Gasteiger partial charge is 0.223 e. The summed E-state index contributed by atoms with van der Waals surface area (Å²) in [7, 11) is 0. The van der Waals surface area contributed by atoms with Gasteiger partial charge in [-0.05, 0) is 52.1 Å². The second kappa shape index (κ2) is 5.87. The Morgan fingerprint density at radius 2 is 2.06 bits per heavy atom. The van der Waals surface area contributed by atoms with E-state index in [-0.39, 0.29) is 12.4 Å². The molecule has 0 bridgehead atoms. The summed E-state index contributed by atoms with van der Waals surface area (Å²) >= 11 is 0. The topological polar surface area (TPSA) is 32.3 Å². The summed E-state index contributed by atoms with van der Waals surface area (Å²) in [6, 6.07) is 0.936. The van der Waals surface area contributed by atoms with Crippen molar-refractivity contribution in [1.29, 1.82) is 0 Å². The number of hydrogen-bond acceptors (Lipinski definition) is 2. The maximum Gasteiger partial charge on any atom is 0.223 e. The Kier molecular flexibility index (Phi) is 5.06. The molecule has 1 amide bonds. The number of nitrogens with one attached hydrogen (secondary N) is 1. The van der Waals surface area contributed by atoms with Crippen LogP contribution < -0.4 is 5.32 Å². The zero-order valence-electron chi connectivity index (χ0n) is 10.2. The minimum atomic E-state index is 0. The highest BCUT2D eigenvalue weighted by atomic mass is 35.5. The molecule has 1 aliphatic carbocycles. The number of carbonyl (C=O) groups excluding carboxylic acids is 1. The van der Waals surface area contributed by atoms with Crippen LogP contribution in [0, 0.1) is 5.92 Å². The van der Waals surface area contributed by atoms with Gasteiger partial charge in [-0.25, -0.2) is 0 Å². The predicted octanol–water partition coefficient (Wildman–Crippen LogP) is 1.81. The molecule has 2 rings (SSSR count). The van der Waals surface area contributed by atoms with Crippen LogP contribution in [-0.2, 0) is 4.79 Å². The monoisotopic (exact) mass is 246 g/mol. The molecule has 2 aliphatic rings. The van der Waals surface area contributed by atoms with Gasteiger partial charge in [0.25, 0.3) is 0 Å². The average Bonchev–Trinajstić information content (AvgIpc) is 2.83. The molecule has 0 aromatic heterocycles. The quantitative estimate of drug-likeness (QED) is 0.821. The Morgan fingerprint density at radius 3 is 2.50 bits per heavy atom. The van der Waals surface area contributed by atoms with Crippen molar-refractivity contribution in [3.63, 3.8) is 0 Å². The molecule has 1 atom stereocenters. The number of amides is 1. The fraction of sp³-hybridized carbons (Fsp3) is 0.917. The van der Waals surface area contributed by atoms with Gasteiger partial charge < -0.3 is 10.2 Å². The number of rotatable bonds is 4. The molecule has 1 heterocycles. The van der Waals surface area contributed by atoms with Crippen molar-refractivity contribution in [3.8, 4) is 0 Å². The normalized spacial score (nSPS) is 24.3. The molecule has 0 aromatic rings. The molecule has 0 aromatic carbocycles. The predicted molar refractivity (Wildman–Crippen MR) is 67.8 cm³/mol. The SMILES string of the molecule is CC(C)N(C(=O)CC1CCNC1)C1CC1.Cl. The third-order valence-corrected chi connectivity index (χ3v) is 3.41. The number of nitrogens with zero attached hydrogens (tertiary/aromatic N) is 1. The molecule has 3 nitrogen and oxygen atoms in total. The van der Waals surface area contributed by atoms with Crippen molar-refractivity contribution in [2.24, 2.45) is 5.92 Å². The summed E-state index contributed by atoms with van der Waals surface area (Å²) in [6.07, 6.45) is 4.35. The van der Waals surface area contributed by atoms with Crippen LogP contribution in [0.5, 0.6) is 0 Å². The zero-order chi connectivity index (χ0) is 10.8. The highest BCUT2D eigenvalue weighted by Gasteiger charge is 2.35. The lowest BCUT2D eigenvalue weighted by Crippen LogP contribution is -2.39. The molecular weight excluding hydrogens is 224 g/mol. The van der Waals surface area contributed by atoms with Crippen LogP contribution in [0.1, 0.15) is 39.5 Å². The summed E-state index contributed by atoms with van der Waals surface area (Å²) in [6.45, 7) is 6.37. The van der Waals surface area contributed by atoms with Gasteiger partial charge in [0.05, 0.1) is 0 Å². The Balaban J connectivity index is 0.00000128. The molecular formula is C12H23ClN2O. The summed E-state index contributed by atoms with van der Waals surface area (Å²) < 4.78 is 0. The van der Waals surface area contributed by atoms with Crippen LogP contribution in [0.2, 0.25) is 0 Å². The van der Waals surface area contributed by atoms with Crippen LogP contribution in [-0.4, -0.2) is 36.0 Å². The molecule has 1 N–H and O–H groups in total. The van der Waals surface area contributed by atoms with E-state index < -0.39 is 0 Å². The summed E-state index contributed by atoms with van der Waals surface area (Å²) in [4.78, 5) is 14.2. The molecule has 1 unspecified atom stereocenters. The van der Waals surface area contributed by atoms with Gasteiger partial charge in [-0.3, -0.25) is 4.79 Å². The second-order valence-electron chi connectivity index (χ2n) is 5.19. The van der Waals surface area contributed by atoms with E-state index in [1.54, 1.807) is 0 Å². The first-order chi connectivity index (χ1) is 7.18. The molecule has 94 valence electrons. The Bertz CT molecular complexity index is 233. The summed E-state index contributed by atoms with van der Waals surface area (Å²) in [5, 5.41) is 3.32. The second-order valence-corrected chi connectivity index (χ2v) is 5.19. The van der Waals surface area contributed by atoms with Crippen LogP contribution in [0.4, 0.5) is 0 Å². The molecule has 1 saturated carbocycles. The summed E-state index contributed by atoms with van der Waals surface area (Å²) in [5.74, 6) is 0.957. The Hall–Kier alpha value is -0.280. The van der Waals surface area contributed by atoms with Gasteiger partial charge in [-0.15, -0.1) is 12.4 Å². The van der Waals surface area contributed by atoms with E-state index in [2.05, 4.69) is 24.1 Å². The molecule has 1 aliphatic heterocycles. The lowest BCUT2D eigenvalue weighted by atomic mass is 10.0. The van der Waals surface area contributed by atoms with Crippen LogP contribution >= 0.6 is 12.4 Å². The van der Waals surface area contributed by atoms with Crippen molar-refractivity contribution in [2.75, 3.05) is 13.1 Å². The zero-order valence-corrected chi connectivity index (χ0v) is 11.1. The molecule has 0 spiro atoms. The molecule has 16 heavy (non-hydrogen) atoms. The lowest BCUT2D eigenvalue weighted by molar-refractivity contribution is -0.134. The van der Waals surface area contributed by atoms with E-state index in [9.17, 15) is 4.79 Å². The van der Waals surface area contributed by atoms with E-state index in [0.29, 0.717) is 23.9 Å². The Labute approximate surface area is 104 Å². The van der Waals surface area contributed by atoms with Gasteiger partial charge in [-0.2, -0.15) is 0 Å². The number of carbonyl (C=O) groups is 1. The first kappa shape index (κ1) is 13.8. The minimum Gasteiger partial charge on any atom is -0.337 e. The van der Waals surface area contributed by atoms with Crippen LogP contribution in [0.25, 0.3) is 0 Å². The first-order valence-electron chi connectivity index (χ1n) is 6.20. The van der Waals surface area contributed by atoms with E-state index in [1.807, 2.05) is 0 Å². The van der Waals surface area contributed by atoms with E-state index in [1.165, 1.54) is 19.3 Å². The maximum atomic E-state index is 12.1. The van der Waals surface area contributed by atoms with Crippen LogP contribution in [0.15, 0.2) is 0 Å². The minimum absolute atomic E-state index is 0. The fourth-order valence-electron chi connectivity index (χ4n) is 2.51. The number of halogens is 1. The van der Waals surface area contributed by atoms with Crippen molar-refractivity contribution >= 4 is 18.3 Å². The summed E-state index contributed by atoms with van der Waals surface area (Å²) in [5.41, 5.74) is 0.